The molecule has 5 heteroatoms. The number of rotatable bonds is 5. The van der Waals surface area contributed by atoms with Gasteiger partial charge in [0.05, 0.1) is 0 Å². The maximum absolute atomic E-state index is 12.2. The summed E-state index contributed by atoms with van der Waals surface area (Å²) in [5.41, 5.74) is 6.95. The van der Waals surface area contributed by atoms with Crippen LogP contribution in [-0.4, -0.2) is 37.5 Å². The molecule has 106 valence electrons. The zero-order valence-electron chi connectivity index (χ0n) is 11.9. The number of hydrogen-bond donors (Lipinski definition) is 2. The summed E-state index contributed by atoms with van der Waals surface area (Å²) in [7, 11) is 4.00. The molecule has 1 unspecified atom stereocenters. The van der Waals surface area contributed by atoms with Crippen molar-refractivity contribution in [1.29, 1.82) is 0 Å². The summed E-state index contributed by atoms with van der Waals surface area (Å²) >= 11 is 3.32. The Morgan fingerprint density at radius 1 is 1.42 bits per heavy atom. The van der Waals surface area contributed by atoms with E-state index in [0.717, 1.165) is 11.0 Å². The minimum atomic E-state index is -0.0836. The van der Waals surface area contributed by atoms with Crippen LogP contribution in [0.5, 0.6) is 0 Å². The van der Waals surface area contributed by atoms with Crippen LogP contribution in [0.1, 0.15) is 24.2 Å². The third-order valence-electron chi connectivity index (χ3n) is 2.94. The molecule has 4 nitrogen and oxygen atoms in total. The summed E-state index contributed by atoms with van der Waals surface area (Å²) < 4.78 is 0.803. The number of halogens is 1. The van der Waals surface area contributed by atoms with Crippen molar-refractivity contribution in [1.82, 2.24) is 10.2 Å². The van der Waals surface area contributed by atoms with Crippen molar-refractivity contribution >= 4 is 27.5 Å². The predicted octanol–water partition coefficient (Wildman–Crippen LogP) is 2.35. The molecule has 1 aromatic carbocycles. The van der Waals surface area contributed by atoms with Crippen molar-refractivity contribution in [2.75, 3.05) is 26.4 Å². The molecule has 0 heterocycles. The van der Waals surface area contributed by atoms with Gasteiger partial charge >= 0.3 is 0 Å². The van der Waals surface area contributed by atoms with Gasteiger partial charge in [-0.3, -0.25) is 4.79 Å². The summed E-state index contributed by atoms with van der Waals surface area (Å²) in [6.07, 6.45) is 0. The van der Waals surface area contributed by atoms with Crippen LogP contribution >= 0.6 is 15.9 Å². The number of carbonyl (C=O) groups excluding carboxylic acids is 1. The second kappa shape index (κ2) is 6.91. The molecule has 0 saturated heterocycles. The first kappa shape index (κ1) is 16.0. The third kappa shape index (κ3) is 4.84. The van der Waals surface area contributed by atoms with E-state index >= 15 is 0 Å². The fraction of sp³-hybridized carbons (Fsp3) is 0.500. The summed E-state index contributed by atoms with van der Waals surface area (Å²) in [6, 6.07) is 5.36. The van der Waals surface area contributed by atoms with E-state index in [9.17, 15) is 4.79 Å². The number of amides is 1. The second-order valence-electron chi connectivity index (χ2n) is 5.32. The van der Waals surface area contributed by atoms with Crippen LogP contribution in [0.4, 0.5) is 5.69 Å². The monoisotopic (exact) mass is 327 g/mol. The van der Waals surface area contributed by atoms with Gasteiger partial charge in [-0.25, -0.2) is 0 Å². The fourth-order valence-electron chi connectivity index (χ4n) is 1.75. The molecule has 0 spiro atoms. The largest absolute Gasteiger partial charge is 0.398 e. The molecule has 0 fully saturated rings. The standard InChI is InChI=1S/C14H22BrN3O/c1-9(2)13(8-18(3)4)17-14(19)10-5-6-11(15)12(16)7-10/h5-7,9,13H,8,16H2,1-4H3,(H,17,19). The number of benzene rings is 1. The maximum atomic E-state index is 12.2. The lowest BCUT2D eigenvalue weighted by atomic mass is 10.0. The Labute approximate surface area is 123 Å². The molecule has 0 radical (unpaired) electrons. The van der Waals surface area contributed by atoms with Crippen molar-refractivity contribution in [3.8, 4) is 0 Å². The highest BCUT2D eigenvalue weighted by atomic mass is 79.9. The van der Waals surface area contributed by atoms with Crippen LogP contribution in [0.2, 0.25) is 0 Å². The Kier molecular flexibility index (Phi) is 5.82. The molecule has 0 aliphatic rings. The number of hydrogen-bond acceptors (Lipinski definition) is 3. The number of nitrogens with zero attached hydrogens (tertiary/aromatic N) is 1. The minimum Gasteiger partial charge on any atom is -0.398 e. The summed E-state index contributed by atoms with van der Waals surface area (Å²) in [4.78, 5) is 14.3. The average Bonchev–Trinajstić information content (AvgIpc) is 2.31. The Bertz CT molecular complexity index is 446. The van der Waals surface area contributed by atoms with Crippen LogP contribution < -0.4 is 11.1 Å². The highest BCUT2D eigenvalue weighted by Gasteiger charge is 2.18. The fourth-order valence-corrected chi connectivity index (χ4v) is 2.00. The van der Waals surface area contributed by atoms with E-state index in [2.05, 4.69) is 40.0 Å². The number of likely N-dealkylation sites (N-methyl/N-ethyl adjacent to an activating group) is 1. The molecular formula is C14H22BrN3O. The second-order valence-corrected chi connectivity index (χ2v) is 6.18. The van der Waals surface area contributed by atoms with Crippen molar-refractivity contribution in [2.24, 2.45) is 5.92 Å². The molecule has 0 saturated carbocycles. The number of carbonyl (C=O) groups is 1. The van der Waals surface area contributed by atoms with Crippen molar-refractivity contribution in [3.63, 3.8) is 0 Å². The molecule has 3 N–H and O–H groups in total. The Balaban J connectivity index is 2.78. The number of nitrogen functional groups attached to an aromatic ring is 1. The van der Waals surface area contributed by atoms with E-state index in [1.807, 2.05) is 14.1 Å². The normalized spacial score (nSPS) is 12.8. The van der Waals surface area contributed by atoms with Gasteiger partial charge in [0.2, 0.25) is 0 Å². The van der Waals surface area contributed by atoms with Gasteiger partial charge in [0.1, 0.15) is 0 Å². The van der Waals surface area contributed by atoms with Gasteiger partial charge in [-0.2, -0.15) is 0 Å². The molecule has 1 rings (SSSR count). The first-order chi connectivity index (χ1) is 8.81. The smallest absolute Gasteiger partial charge is 0.251 e. The Morgan fingerprint density at radius 3 is 2.53 bits per heavy atom. The number of nitrogens with one attached hydrogen (secondary N) is 1. The van der Waals surface area contributed by atoms with Gasteiger partial charge in [-0.1, -0.05) is 13.8 Å². The van der Waals surface area contributed by atoms with Crippen molar-refractivity contribution in [2.45, 2.75) is 19.9 Å². The predicted molar refractivity (Wildman–Crippen MR) is 83.2 cm³/mol. The number of nitrogens with two attached hydrogens (primary N) is 1. The SMILES string of the molecule is CC(C)C(CN(C)C)NC(=O)c1ccc(Br)c(N)c1. The number of anilines is 1. The van der Waals surface area contributed by atoms with Gasteiger partial charge in [-0.15, -0.1) is 0 Å². The lowest BCUT2D eigenvalue weighted by molar-refractivity contribution is 0.0916. The maximum Gasteiger partial charge on any atom is 0.251 e. The van der Waals surface area contributed by atoms with Gasteiger partial charge in [-0.05, 0) is 54.1 Å². The van der Waals surface area contributed by atoms with E-state index in [0.29, 0.717) is 17.2 Å². The Hall–Kier alpha value is -1.07. The van der Waals surface area contributed by atoms with Gasteiger partial charge in [0.25, 0.3) is 5.91 Å². The van der Waals surface area contributed by atoms with E-state index in [-0.39, 0.29) is 11.9 Å². The summed E-state index contributed by atoms with van der Waals surface area (Å²) in [6.45, 7) is 5.02. The molecule has 1 atom stereocenters. The van der Waals surface area contributed by atoms with E-state index < -0.39 is 0 Å². The molecule has 1 aromatic rings. The van der Waals surface area contributed by atoms with Crippen molar-refractivity contribution in [3.05, 3.63) is 28.2 Å². The zero-order valence-corrected chi connectivity index (χ0v) is 13.5. The zero-order chi connectivity index (χ0) is 14.6. The highest BCUT2D eigenvalue weighted by molar-refractivity contribution is 9.10. The molecule has 0 aliphatic heterocycles. The van der Waals surface area contributed by atoms with E-state index in [1.54, 1.807) is 18.2 Å². The minimum absolute atomic E-state index is 0.0836. The van der Waals surface area contributed by atoms with E-state index in [1.165, 1.54) is 0 Å². The molecule has 0 aromatic heterocycles. The summed E-state index contributed by atoms with van der Waals surface area (Å²) in [5.74, 6) is 0.291. The molecule has 1 amide bonds. The third-order valence-corrected chi connectivity index (χ3v) is 3.66. The molecule has 0 bridgehead atoms. The van der Waals surface area contributed by atoms with Crippen LogP contribution in [0.3, 0.4) is 0 Å². The quantitative estimate of drug-likeness (QED) is 0.816. The Morgan fingerprint density at radius 2 is 2.05 bits per heavy atom. The topological polar surface area (TPSA) is 58.4 Å². The lowest BCUT2D eigenvalue weighted by Crippen LogP contribution is -2.45. The van der Waals surface area contributed by atoms with Crippen molar-refractivity contribution < 1.29 is 4.79 Å². The van der Waals surface area contributed by atoms with Crippen LogP contribution in [-0.2, 0) is 0 Å². The van der Waals surface area contributed by atoms with Gasteiger partial charge in [0, 0.05) is 28.3 Å². The highest BCUT2D eigenvalue weighted by Crippen LogP contribution is 2.20. The molecule has 0 aliphatic carbocycles. The lowest BCUT2D eigenvalue weighted by Gasteiger charge is -2.25. The van der Waals surface area contributed by atoms with Crippen LogP contribution in [0.15, 0.2) is 22.7 Å². The van der Waals surface area contributed by atoms with Crippen LogP contribution in [0.25, 0.3) is 0 Å². The van der Waals surface area contributed by atoms with E-state index in [4.69, 9.17) is 5.73 Å². The van der Waals surface area contributed by atoms with Gasteiger partial charge in [0.15, 0.2) is 0 Å². The molecular weight excluding hydrogens is 306 g/mol. The molecule has 19 heavy (non-hydrogen) atoms. The average molecular weight is 328 g/mol. The van der Waals surface area contributed by atoms with Gasteiger partial charge < -0.3 is 16.0 Å². The first-order valence-corrected chi connectivity index (χ1v) is 7.11. The first-order valence-electron chi connectivity index (χ1n) is 6.32. The summed E-state index contributed by atoms with van der Waals surface area (Å²) in [5, 5.41) is 3.06. The van der Waals surface area contributed by atoms with Crippen LogP contribution in [0, 0.1) is 5.92 Å².